The normalized spacial score (nSPS) is 10.7. The van der Waals surface area contributed by atoms with Crippen molar-refractivity contribution in [2.75, 3.05) is 7.11 Å². The Hall–Kier alpha value is -2.34. The molecule has 23 heavy (non-hydrogen) atoms. The highest BCUT2D eigenvalue weighted by Crippen LogP contribution is 2.13. The van der Waals surface area contributed by atoms with E-state index in [1.54, 1.807) is 7.11 Å². The molecule has 0 radical (unpaired) electrons. The fourth-order valence-electron chi connectivity index (χ4n) is 2.28. The van der Waals surface area contributed by atoms with Crippen LogP contribution in [0.5, 0.6) is 5.75 Å². The van der Waals surface area contributed by atoms with Crippen LogP contribution in [-0.2, 0) is 17.8 Å². The summed E-state index contributed by atoms with van der Waals surface area (Å²) in [7, 11) is 1.62. The fraction of sp³-hybridized carbons (Fsp3) is 0.176. The van der Waals surface area contributed by atoms with Crippen LogP contribution in [0.25, 0.3) is 5.65 Å². The molecule has 0 aliphatic rings. The summed E-state index contributed by atoms with van der Waals surface area (Å²) >= 11 is 3.42. The van der Waals surface area contributed by atoms with Gasteiger partial charge in [0.1, 0.15) is 11.4 Å². The first kappa shape index (κ1) is 15.6. The fourth-order valence-corrected chi connectivity index (χ4v) is 2.64. The molecule has 1 aromatic carbocycles. The summed E-state index contributed by atoms with van der Waals surface area (Å²) in [6, 6.07) is 11.3. The van der Waals surface area contributed by atoms with Gasteiger partial charge in [0.05, 0.1) is 25.8 Å². The average Bonchev–Trinajstić information content (AvgIpc) is 2.95. The van der Waals surface area contributed by atoms with E-state index in [0.29, 0.717) is 13.0 Å². The third-order valence-corrected chi connectivity index (χ3v) is 3.92. The average molecular weight is 374 g/mol. The van der Waals surface area contributed by atoms with Crippen molar-refractivity contribution in [2.45, 2.75) is 13.0 Å². The summed E-state index contributed by atoms with van der Waals surface area (Å²) in [6.07, 6.45) is 4.18. The molecule has 0 aliphatic heterocycles. The van der Waals surface area contributed by atoms with Crippen LogP contribution < -0.4 is 10.1 Å². The number of aromatic nitrogens is 2. The largest absolute Gasteiger partial charge is 0.497 e. The number of carbonyl (C=O) groups excluding carboxylic acids is 1. The van der Waals surface area contributed by atoms with E-state index < -0.39 is 0 Å². The highest BCUT2D eigenvalue weighted by molar-refractivity contribution is 9.10. The molecule has 0 aliphatic carbocycles. The van der Waals surface area contributed by atoms with Gasteiger partial charge in [-0.25, -0.2) is 4.98 Å². The predicted octanol–water partition coefficient (Wildman–Crippen LogP) is 2.96. The van der Waals surface area contributed by atoms with Gasteiger partial charge in [-0.2, -0.15) is 0 Å². The first-order valence-corrected chi connectivity index (χ1v) is 7.96. The monoisotopic (exact) mass is 373 g/mol. The zero-order chi connectivity index (χ0) is 16.2. The molecule has 0 saturated carbocycles. The van der Waals surface area contributed by atoms with Crippen molar-refractivity contribution in [1.82, 2.24) is 14.7 Å². The minimum absolute atomic E-state index is 0.0339. The number of hydrogen-bond acceptors (Lipinski definition) is 3. The minimum Gasteiger partial charge on any atom is -0.497 e. The quantitative estimate of drug-likeness (QED) is 0.747. The Morgan fingerprint density at radius 2 is 2.00 bits per heavy atom. The predicted molar refractivity (Wildman–Crippen MR) is 91.4 cm³/mol. The second-order valence-electron chi connectivity index (χ2n) is 5.15. The van der Waals surface area contributed by atoms with Crippen LogP contribution in [-0.4, -0.2) is 22.4 Å². The molecule has 0 bridgehead atoms. The lowest BCUT2D eigenvalue weighted by atomic mass is 10.1. The number of benzene rings is 1. The van der Waals surface area contributed by atoms with Crippen LogP contribution in [0, 0.1) is 0 Å². The van der Waals surface area contributed by atoms with E-state index in [2.05, 4.69) is 26.2 Å². The second-order valence-corrected chi connectivity index (χ2v) is 6.06. The molecule has 2 aromatic heterocycles. The van der Waals surface area contributed by atoms with Gasteiger partial charge >= 0.3 is 0 Å². The van der Waals surface area contributed by atoms with Gasteiger partial charge in [-0.1, -0.05) is 12.1 Å². The van der Waals surface area contributed by atoms with Gasteiger partial charge in [-0.3, -0.25) is 4.79 Å². The lowest BCUT2D eigenvalue weighted by Crippen LogP contribution is -2.24. The van der Waals surface area contributed by atoms with Crippen LogP contribution in [0.3, 0.4) is 0 Å². The molecule has 118 valence electrons. The lowest BCUT2D eigenvalue weighted by Gasteiger charge is -2.04. The van der Waals surface area contributed by atoms with E-state index in [1.807, 2.05) is 53.2 Å². The number of hydrogen-bond donors (Lipinski definition) is 1. The van der Waals surface area contributed by atoms with Gasteiger partial charge in [-0.05, 0) is 45.8 Å². The van der Waals surface area contributed by atoms with Crippen LogP contribution >= 0.6 is 15.9 Å². The summed E-state index contributed by atoms with van der Waals surface area (Å²) in [4.78, 5) is 16.5. The van der Waals surface area contributed by atoms with E-state index in [-0.39, 0.29) is 5.91 Å². The Labute approximate surface area is 142 Å². The number of fused-ring (bicyclic) bond motifs is 1. The van der Waals surface area contributed by atoms with E-state index in [1.165, 1.54) is 0 Å². The van der Waals surface area contributed by atoms with Crippen molar-refractivity contribution in [3.05, 3.63) is 64.5 Å². The SMILES string of the molecule is COc1ccc(CC(=O)NCc2cn3cc(Br)ccc3n2)cc1. The number of rotatable bonds is 5. The minimum atomic E-state index is -0.0339. The molecule has 0 fully saturated rings. The zero-order valence-electron chi connectivity index (χ0n) is 12.6. The molecule has 1 N–H and O–H groups in total. The number of halogens is 1. The van der Waals surface area contributed by atoms with Gasteiger partial charge in [-0.15, -0.1) is 0 Å². The second kappa shape index (κ2) is 6.83. The third-order valence-electron chi connectivity index (χ3n) is 3.46. The number of carbonyl (C=O) groups is 1. The molecule has 2 heterocycles. The molecule has 5 nitrogen and oxygen atoms in total. The van der Waals surface area contributed by atoms with Gasteiger partial charge in [0, 0.05) is 16.9 Å². The Kier molecular flexibility index (Phi) is 4.62. The van der Waals surface area contributed by atoms with Crippen LogP contribution in [0.15, 0.2) is 53.3 Å². The van der Waals surface area contributed by atoms with Crippen LogP contribution in [0.1, 0.15) is 11.3 Å². The molecule has 3 rings (SSSR count). The Bertz CT molecular complexity index is 827. The van der Waals surface area contributed by atoms with Crippen molar-refractivity contribution in [3.63, 3.8) is 0 Å². The van der Waals surface area contributed by atoms with Gasteiger partial charge in [0.2, 0.25) is 5.91 Å². The summed E-state index contributed by atoms with van der Waals surface area (Å²) in [6.45, 7) is 0.411. The third kappa shape index (κ3) is 3.90. The van der Waals surface area contributed by atoms with Crippen LogP contribution in [0.4, 0.5) is 0 Å². The molecule has 6 heteroatoms. The molecule has 0 saturated heterocycles. The number of imidazole rings is 1. The summed E-state index contributed by atoms with van der Waals surface area (Å²) in [5.74, 6) is 0.749. The molecule has 0 unspecified atom stereocenters. The maximum Gasteiger partial charge on any atom is 0.224 e. The highest BCUT2D eigenvalue weighted by Gasteiger charge is 2.06. The topological polar surface area (TPSA) is 55.6 Å². The lowest BCUT2D eigenvalue weighted by molar-refractivity contribution is -0.120. The number of nitrogens with one attached hydrogen (secondary N) is 1. The first-order chi connectivity index (χ1) is 11.1. The summed E-state index contributed by atoms with van der Waals surface area (Å²) in [5, 5.41) is 2.89. The van der Waals surface area contributed by atoms with Gasteiger partial charge in [0.25, 0.3) is 0 Å². The summed E-state index contributed by atoms with van der Waals surface area (Å²) in [5.41, 5.74) is 2.63. The van der Waals surface area contributed by atoms with E-state index >= 15 is 0 Å². The van der Waals surface area contributed by atoms with Crippen molar-refractivity contribution in [2.24, 2.45) is 0 Å². The zero-order valence-corrected chi connectivity index (χ0v) is 14.2. The van der Waals surface area contributed by atoms with E-state index in [0.717, 1.165) is 27.1 Å². The van der Waals surface area contributed by atoms with E-state index in [9.17, 15) is 4.79 Å². The Balaban J connectivity index is 1.58. The van der Waals surface area contributed by atoms with Gasteiger partial charge < -0.3 is 14.5 Å². The molecular weight excluding hydrogens is 358 g/mol. The number of amides is 1. The number of ether oxygens (including phenoxy) is 1. The number of methoxy groups -OCH3 is 1. The summed E-state index contributed by atoms with van der Waals surface area (Å²) < 4.78 is 8.01. The molecule has 1 amide bonds. The van der Waals surface area contributed by atoms with Gasteiger partial charge in [0.15, 0.2) is 0 Å². The Morgan fingerprint density at radius 3 is 2.74 bits per heavy atom. The van der Waals surface area contributed by atoms with Crippen molar-refractivity contribution >= 4 is 27.5 Å². The number of pyridine rings is 1. The maximum absolute atomic E-state index is 12.0. The van der Waals surface area contributed by atoms with Crippen LogP contribution in [0.2, 0.25) is 0 Å². The standard InChI is InChI=1S/C17H16BrN3O2/c1-23-15-5-2-12(3-6-15)8-17(22)19-9-14-11-21-10-13(18)4-7-16(21)20-14/h2-7,10-11H,8-9H2,1H3,(H,19,22). The molecule has 0 spiro atoms. The van der Waals surface area contributed by atoms with Crippen molar-refractivity contribution in [3.8, 4) is 5.75 Å². The number of nitrogens with zero attached hydrogens (tertiary/aromatic N) is 2. The smallest absolute Gasteiger partial charge is 0.224 e. The van der Waals surface area contributed by atoms with Crippen molar-refractivity contribution < 1.29 is 9.53 Å². The van der Waals surface area contributed by atoms with Crippen molar-refractivity contribution in [1.29, 1.82) is 0 Å². The highest BCUT2D eigenvalue weighted by atomic mass is 79.9. The maximum atomic E-state index is 12.0. The molecule has 0 atom stereocenters. The van der Waals surface area contributed by atoms with E-state index in [4.69, 9.17) is 4.74 Å². The Morgan fingerprint density at radius 1 is 1.22 bits per heavy atom. The first-order valence-electron chi connectivity index (χ1n) is 7.17. The molecule has 3 aromatic rings. The molecular formula is C17H16BrN3O2.